The minimum absolute atomic E-state index is 0.510. The Morgan fingerprint density at radius 2 is 1.86 bits per heavy atom. The van der Waals surface area contributed by atoms with Crippen LogP contribution in [-0.2, 0) is 6.42 Å². The molecule has 21 heavy (non-hydrogen) atoms. The highest BCUT2D eigenvalue weighted by Crippen LogP contribution is 2.34. The highest BCUT2D eigenvalue weighted by molar-refractivity contribution is 7.11. The van der Waals surface area contributed by atoms with Gasteiger partial charge in [-0.25, -0.2) is 4.98 Å². The van der Waals surface area contributed by atoms with E-state index in [2.05, 4.69) is 44.8 Å². The molecule has 0 radical (unpaired) electrons. The van der Waals surface area contributed by atoms with Gasteiger partial charge in [-0.05, 0) is 24.7 Å². The van der Waals surface area contributed by atoms with Crippen LogP contribution >= 0.6 is 11.3 Å². The van der Waals surface area contributed by atoms with Crippen molar-refractivity contribution in [1.82, 2.24) is 15.2 Å². The topological polar surface area (TPSA) is 28.2 Å². The van der Waals surface area contributed by atoms with Crippen molar-refractivity contribution < 1.29 is 0 Å². The molecule has 2 heterocycles. The molecule has 120 valence electrons. The molecule has 1 saturated heterocycles. The van der Waals surface area contributed by atoms with E-state index in [9.17, 15) is 0 Å². The van der Waals surface area contributed by atoms with Gasteiger partial charge in [-0.3, -0.25) is 4.90 Å². The third-order valence-corrected chi connectivity index (χ3v) is 5.63. The van der Waals surface area contributed by atoms with Gasteiger partial charge in [-0.15, -0.1) is 11.3 Å². The van der Waals surface area contributed by atoms with E-state index in [4.69, 9.17) is 4.98 Å². The normalized spacial score (nSPS) is 18.6. The average molecular weight is 310 g/mol. The Bertz CT molecular complexity index is 433. The molecule has 1 aliphatic heterocycles. The number of piperazine rings is 1. The van der Waals surface area contributed by atoms with Crippen molar-refractivity contribution in [1.29, 1.82) is 0 Å². The van der Waals surface area contributed by atoms with E-state index < -0.39 is 0 Å². The summed E-state index contributed by atoms with van der Waals surface area (Å²) in [5.41, 5.74) is 1.36. The fraction of sp³-hybridized carbons (Fsp3) is 0.824. The second kappa shape index (κ2) is 7.70. The molecule has 0 saturated carbocycles. The van der Waals surface area contributed by atoms with Crippen LogP contribution in [-0.4, -0.2) is 36.1 Å². The minimum Gasteiger partial charge on any atom is -0.314 e. The van der Waals surface area contributed by atoms with E-state index in [1.165, 1.54) is 15.6 Å². The molecule has 1 aliphatic rings. The van der Waals surface area contributed by atoms with Crippen LogP contribution < -0.4 is 5.32 Å². The third-order valence-electron chi connectivity index (χ3n) is 4.13. The predicted octanol–water partition coefficient (Wildman–Crippen LogP) is 3.82. The molecule has 1 N–H and O–H groups in total. The minimum atomic E-state index is 0.510. The standard InChI is InChI=1S/C17H31N3S/c1-6-15(20-9-7-18-8-10-20)17-19-14(11-12(2)3)16(21-17)13(4)5/h12-13,15,18H,6-11H2,1-5H3. The highest BCUT2D eigenvalue weighted by atomic mass is 32.1. The number of rotatable bonds is 6. The molecule has 0 amide bonds. The number of hydrogen-bond donors (Lipinski definition) is 1. The quantitative estimate of drug-likeness (QED) is 0.866. The van der Waals surface area contributed by atoms with Crippen LogP contribution in [0.2, 0.25) is 0 Å². The number of nitrogens with zero attached hydrogens (tertiary/aromatic N) is 2. The molecule has 1 unspecified atom stereocenters. The van der Waals surface area contributed by atoms with Crippen molar-refractivity contribution in [2.24, 2.45) is 5.92 Å². The average Bonchev–Trinajstić information content (AvgIpc) is 2.84. The first-order valence-electron chi connectivity index (χ1n) is 8.47. The van der Waals surface area contributed by atoms with Crippen LogP contribution in [0, 0.1) is 5.92 Å². The second-order valence-corrected chi connectivity index (χ2v) is 7.89. The molecule has 1 atom stereocenters. The number of hydrogen-bond acceptors (Lipinski definition) is 4. The Morgan fingerprint density at radius 1 is 1.19 bits per heavy atom. The van der Waals surface area contributed by atoms with Crippen molar-refractivity contribution in [3.8, 4) is 0 Å². The zero-order valence-electron chi connectivity index (χ0n) is 14.3. The summed E-state index contributed by atoms with van der Waals surface area (Å²) >= 11 is 1.96. The molecule has 4 heteroatoms. The van der Waals surface area contributed by atoms with Crippen molar-refractivity contribution in [2.75, 3.05) is 26.2 Å². The van der Waals surface area contributed by atoms with E-state index in [1.807, 2.05) is 11.3 Å². The summed E-state index contributed by atoms with van der Waals surface area (Å²) in [5, 5.41) is 4.79. The SMILES string of the molecule is CCC(c1nc(CC(C)C)c(C(C)C)s1)N1CCNCC1. The lowest BCUT2D eigenvalue weighted by atomic mass is 10.0. The molecule has 0 aliphatic carbocycles. The van der Waals surface area contributed by atoms with E-state index in [1.54, 1.807) is 0 Å². The number of thiazole rings is 1. The maximum atomic E-state index is 5.07. The number of nitrogens with one attached hydrogen (secondary N) is 1. The van der Waals surface area contributed by atoms with E-state index in [0.717, 1.165) is 39.0 Å². The first kappa shape index (κ1) is 16.9. The fourth-order valence-corrected chi connectivity index (χ4v) is 4.41. The lowest BCUT2D eigenvalue weighted by molar-refractivity contribution is 0.169. The molecular weight excluding hydrogens is 278 g/mol. The Hall–Kier alpha value is -0.450. The molecule has 1 fully saturated rings. The first-order chi connectivity index (χ1) is 10.0. The van der Waals surface area contributed by atoms with Gasteiger partial charge in [0.2, 0.25) is 0 Å². The second-order valence-electron chi connectivity index (χ2n) is 6.83. The van der Waals surface area contributed by atoms with Gasteiger partial charge < -0.3 is 5.32 Å². The smallest absolute Gasteiger partial charge is 0.110 e. The van der Waals surface area contributed by atoms with E-state index in [0.29, 0.717) is 17.9 Å². The van der Waals surface area contributed by atoms with Gasteiger partial charge in [-0.1, -0.05) is 34.6 Å². The fourth-order valence-electron chi connectivity index (χ4n) is 3.09. The van der Waals surface area contributed by atoms with Crippen molar-refractivity contribution >= 4 is 11.3 Å². The molecule has 3 nitrogen and oxygen atoms in total. The van der Waals surface area contributed by atoms with E-state index >= 15 is 0 Å². The molecule has 0 bridgehead atoms. The van der Waals surface area contributed by atoms with Crippen LogP contribution in [0.25, 0.3) is 0 Å². The van der Waals surface area contributed by atoms with Crippen LogP contribution in [0.4, 0.5) is 0 Å². The summed E-state index contributed by atoms with van der Waals surface area (Å²) in [7, 11) is 0. The summed E-state index contributed by atoms with van der Waals surface area (Å²) in [6.07, 6.45) is 2.27. The van der Waals surface area contributed by atoms with Gasteiger partial charge in [0.1, 0.15) is 5.01 Å². The largest absolute Gasteiger partial charge is 0.314 e. The summed E-state index contributed by atoms with van der Waals surface area (Å²) in [5.74, 6) is 1.27. The van der Waals surface area contributed by atoms with Crippen LogP contribution in [0.5, 0.6) is 0 Å². The Labute approximate surface area is 134 Å². The zero-order chi connectivity index (χ0) is 15.4. The van der Waals surface area contributed by atoms with Crippen LogP contribution in [0.15, 0.2) is 0 Å². The Kier molecular flexibility index (Phi) is 6.20. The lowest BCUT2D eigenvalue weighted by Gasteiger charge is -2.33. The first-order valence-corrected chi connectivity index (χ1v) is 9.28. The summed E-state index contributed by atoms with van der Waals surface area (Å²) < 4.78 is 0. The Balaban J connectivity index is 2.24. The van der Waals surface area contributed by atoms with Gasteiger partial charge in [0.25, 0.3) is 0 Å². The van der Waals surface area contributed by atoms with Crippen LogP contribution in [0.1, 0.15) is 68.6 Å². The summed E-state index contributed by atoms with van der Waals surface area (Å²) in [4.78, 5) is 9.19. The third kappa shape index (κ3) is 4.27. The summed E-state index contributed by atoms with van der Waals surface area (Å²) in [6, 6.07) is 0.510. The van der Waals surface area contributed by atoms with Gasteiger partial charge in [0.15, 0.2) is 0 Å². The molecule has 1 aromatic heterocycles. The Morgan fingerprint density at radius 3 is 2.38 bits per heavy atom. The summed E-state index contributed by atoms with van der Waals surface area (Å²) in [6.45, 7) is 16.0. The maximum Gasteiger partial charge on any atom is 0.110 e. The van der Waals surface area contributed by atoms with Crippen LogP contribution in [0.3, 0.4) is 0 Å². The molecule has 0 spiro atoms. The van der Waals surface area contributed by atoms with Gasteiger partial charge in [0.05, 0.1) is 11.7 Å². The van der Waals surface area contributed by atoms with Crippen molar-refractivity contribution in [3.63, 3.8) is 0 Å². The monoisotopic (exact) mass is 309 g/mol. The van der Waals surface area contributed by atoms with E-state index in [-0.39, 0.29) is 0 Å². The van der Waals surface area contributed by atoms with Crippen molar-refractivity contribution in [3.05, 3.63) is 15.6 Å². The van der Waals surface area contributed by atoms with Crippen molar-refractivity contribution in [2.45, 2.75) is 59.4 Å². The lowest BCUT2D eigenvalue weighted by Crippen LogP contribution is -2.45. The molecule has 2 rings (SSSR count). The van der Waals surface area contributed by atoms with Gasteiger partial charge >= 0.3 is 0 Å². The predicted molar refractivity (Wildman–Crippen MR) is 92.2 cm³/mol. The van der Waals surface area contributed by atoms with Gasteiger partial charge in [-0.2, -0.15) is 0 Å². The highest BCUT2D eigenvalue weighted by Gasteiger charge is 2.25. The van der Waals surface area contributed by atoms with Gasteiger partial charge in [0, 0.05) is 31.1 Å². The molecular formula is C17H31N3S. The zero-order valence-corrected chi connectivity index (χ0v) is 15.1. The molecule has 1 aromatic rings. The maximum absolute atomic E-state index is 5.07. The number of aromatic nitrogens is 1. The molecule has 0 aromatic carbocycles.